The van der Waals surface area contributed by atoms with Gasteiger partial charge in [-0.15, -0.1) is 0 Å². The molecule has 0 saturated heterocycles. The zero-order valence-corrected chi connectivity index (χ0v) is 10.8. The second-order valence-electron chi connectivity index (χ2n) is 5.38. The van der Waals surface area contributed by atoms with Gasteiger partial charge in [0.15, 0.2) is 0 Å². The summed E-state index contributed by atoms with van der Waals surface area (Å²) >= 11 is 0. The second-order valence-corrected chi connectivity index (χ2v) is 5.38. The Morgan fingerprint density at radius 2 is 1.94 bits per heavy atom. The topological polar surface area (TPSA) is 81.1 Å². The maximum Gasteiger partial charge on any atom is 0.251 e. The Labute approximate surface area is 108 Å². The Morgan fingerprint density at radius 1 is 1.28 bits per heavy atom. The first-order valence-electron chi connectivity index (χ1n) is 6.49. The van der Waals surface area contributed by atoms with Gasteiger partial charge < -0.3 is 16.8 Å². The molecule has 1 fully saturated rings. The van der Waals surface area contributed by atoms with E-state index in [0.29, 0.717) is 22.9 Å². The third-order valence-electron chi connectivity index (χ3n) is 3.59. The van der Waals surface area contributed by atoms with Crippen molar-refractivity contribution in [1.29, 1.82) is 0 Å². The quantitative estimate of drug-likeness (QED) is 0.715. The molecule has 0 radical (unpaired) electrons. The van der Waals surface area contributed by atoms with Crippen LogP contribution in [0.1, 0.15) is 36.5 Å². The summed E-state index contributed by atoms with van der Waals surface area (Å²) in [5, 5.41) is 2.97. The number of carbonyl (C=O) groups excluding carboxylic acids is 1. The Bertz CT molecular complexity index is 424. The van der Waals surface area contributed by atoms with Gasteiger partial charge in [0.05, 0.1) is 0 Å². The molecule has 1 saturated carbocycles. The fourth-order valence-corrected chi connectivity index (χ4v) is 2.66. The highest BCUT2D eigenvalue weighted by molar-refractivity contribution is 5.96. The molecule has 2 unspecified atom stereocenters. The first kappa shape index (κ1) is 12.7. The molecule has 1 aromatic rings. The maximum atomic E-state index is 12.0. The van der Waals surface area contributed by atoms with Crippen LogP contribution in [0.2, 0.25) is 0 Å². The normalized spacial score (nSPS) is 22.9. The molecular formula is C14H21N3O. The van der Waals surface area contributed by atoms with E-state index in [-0.39, 0.29) is 5.91 Å². The number of amides is 1. The molecular weight excluding hydrogens is 226 g/mol. The summed E-state index contributed by atoms with van der Waals surface area (Å²) in [6.45, 7) is 3.01. The van der Waals surface area contributed by atoms with Crippen LogP contribution in [0.3, 0.4) is 0 Å². The van der Waals surface area contributed by atoms with Gasteiger partial charge in [-0.2, -0.15) is 0 Å². The van der Waals surface area contributed by atoms with E-state index in [0.717, 1.165) is 12.5 Å². The van der Waals surface area contributed by atoms with Crippen LogP contribution in [0.15, 0.2) is 18.2 Å². The van der Waals surface area contributed by atoms with Gasteiger partial charge in [0.2, 0.25) is 0 Å². The molecule has 1 aliphatic rings. The van der Waals surface area contributed by atoms with Crippen molar-refractivity contribution >= 4 is 17.3 Å². The Balaban J connectivity index is 1.91. The highest BCUT2D eigenvalue weighted by atomic mass is 16.1. The summed E-state index contributed by atoms with van der Waals surface area (Å²) in [5.74, 6) is 1.31. The number of nitrogens with two attached hydrogens (primary N) is 2. The lowest BCUT2D eigenvalue weighted by Crippen LogP contribution is -2.28. The molecule has 1 aliphatic carbocycles. The number of carbonyl (C=O) groups is 1. The third-order valence-corrected chi connectivity index (χ3v) is 3.59. The fourth-order valence-electron chi connectivity index (χ4n) is 2.66. The van der Waals surface area contributed by atoms with Crippen molar-refractivity contribution in [2.75, 3.05) is 18.0 Å². The van der Waals surface area contributed by atoms with Crippen LogP contribution in [0.5, 0.6) is 0 Å². The van der Waals surface area contributed by atoms with Crippen molar-refractivity contribution in [2.24, 2.45) is 11.8 Å². The lowest BCUT2D eigenvalue weighted by atomic mass is 10.1. The lowest BCUT2D eigenvalue weighted by Gasteiger charge is -2.11. The molecule has 0 bridgehead atoms. The van der Waals surface area contributed by atoms with Gasteiger partial charge in [0.1, 0.15) is 0 Å². The number of rotatable bonds is 3. The minimum atomic E-state index is -0.0893. The van der Waals surface area contributed by atoms with Gasteiger partial charge in [-0.1, -0.05) is 13.3 Å². The van der Waals surface area contributed by atoms with Crippen molar-refractivity contribution in [3.63, 3.8) is 0 Å². The van der Waals surface area contributed by atoms with Crippen molar-refractivity contribution in [2.45, 2.75) is 26.2 Å². The molecule has 0 heterocycles. The van der Waals surface area contributed by atoms with E-state index in [4.69, 9.17) is 11.5 Å². The average Bonchev–Trinajstić information content (AvgIpc) is 2.70. The SMILES string of the molecule is CC1CCC(CNC(=O)c2cc(N)cc(N)c2)C1. The minimum absolute atomic E-state index is 0.0893. The van der Waals surface area contributed by atoms with Crippen molar-refractivity contribution in [1.82, 2.24) is 5.32 Å². The summed E-state index contributed by atoms with van der Waals surface area (Å²) in [4.78, 5) is 12.0. The largest absolute Gasteiger partial charge is 0.399 e. The van der Waals surface area contributed by atoms with E-state index >= 15 is 0 Å². The Kier molecular flexibility index (Phi) is 3.75. The number of hydrogen-bond acceptors (Lipinski definition) is 3. The number of nitrogens with one attached hydrogen (secondary N) is 1. The third kappa shape index (κ3) is 3.15. The second kappa shape index (κ2) is 5.29. The van der Waals surface area contributed by atoms with Crippen LogP contribution in [0, 0.1) is 11.8 Å². The van der Waals surface area contributed by atoms with E-state index in [1.165, 1.54) is 19.3 Å². The summed E-state index contributed by atoms with van der Waals surface area (Å²) < 4.78 is 0. The van der Waals surface area contributed by atoms with Gasteiger partial charge >= 0.3 is 0 Å². The predicted octanol–water partition coefficient (Wildman–Crippen LogP) is 2.02. The first-order chi connectivity index (χ1) is 8.54. The van der Waals surface area contributed by atoms with E-state index in [2.05, 4.69) is 12.2 Å². The summed E-state index contributed by atoms with van der Waals surface area (Å²) in [6, 6.07) is 4.96. The molecule has 0 aromatic heterocycles. The van der Waals surface area contributed by atoms with Crippen LogP contribution in [0.4, 0.5) is 11.4 Å². The lowest BCUT2D eigenvalue weighted by molar-refractivity contribution is 0.0947. The Morgan fingerprint density at radius 3 is 2.50 bits per heavy atom. The Hall–Kier alpha value is -1.71. The zero-order valence-electron chi connectivity index (χ0n) is 10.8. The molecule has 1 amide bonds. The van der Waals surface area contributed by atoms with Crippen LogP contribution in [-0.2, 0) is 0 Å². The molecule has 4 nitrogen and oxygen atoms in total. The van der Waals surface area contributed by atoms with Crippen LogP contribution >= 0.6 is 0 Å². The number of nitrogen functional groups attached to an aromatic ring is 2. The number of anilines is 2. The van der Waals surface area contributed by atoms with Crippen molar-refractivity contribution in [3.05, 3.63) is 23.8 Å². The molecule has 5 N–H and O–H groups in total. The van der Waals surface area contributed by atoms with Gasteiger partial charge in [-0.3, -0.25) is 4.79 Å². The van der Waals surface area contributed by atoms with Crippen molar-refractivity contribution < 1.29 is 4.79 Å². The molecule has 0 spiro atoms. The molecule has 2 atom stereocenters. The molecule has 18 heavy (non-hydrogen) atoms. The summed E-state index contributed by atoms with van der Waals surface area (Å²) in [7, 11) is 0. The van der Waals surface area contributed by atoms with Gasteiger partial charge in [-0.25, -0.2) is 0 Å². The van der Waals surface area contributed by atoms with Crippen LogP contribution in [-0.4, -0.2) is 12.5 Å². The maximum absolute atomic E-state index is 12.0. The first-order valence-corrected chi connectivity index (χ1v) is 6.49. The number of benzene rings is 1. The van der Waals surface area contributed by atoms with E-state index in [1.807, 2.05) is 0 Å². The average molecular weight is 247 g/mol. The molecule has 98 valence electrons. The van der Waals surface area contributed by atoms with Crippen LogP contribution in [0.25, 0.3) is 0 Å². The molecule has 0 aliphatic heterocycles. The number of hydrogen-bond donors (Lipinski definition) is 3. The standard InChI is InChI=1S/C14H21N3O/c1-9-2-3-10(4-9)8-17-14(18)11-5-12(15)7-13(16)6-11/h5-7,9-10H,2-4,8,15-16H2,1H3,(H,17,18). The highest BCUT2D eigenvalue weighted by Crippen LogP contribution is 2.29. The smallest absolute Gasteiger partial charge is 0.251 e. The van der Waals surface area contributed by atoms with E-state index in [9.17, 15) is 4.79 Å². The summed E-state index contributed by atoms with van der Waals surface area (Å²) in [6.07, 6.45) is 3.69. The van der Waals surface area contributed by atoms with Gasteiger partial charge in [0, 0.05) is 23.5 Å². The van der Waals surface area contributed by atoms with Gasteiger partial charge in [-0.05, 0) is 42.9 Å². The van der Waals surface area contributed by atoms with E-state index in [1.54, 1.807) is 18.2 Å². The predicted molar refractivity (Wildman–Crippen MR) is 74.1 cm³/mol. The molecule has 1 aromatic carbocycles. The minimum Gasteiger partial charge on any atom is -0.399 e. The molecule has 2 rings (SSSR count). The van der Waals surface area contributed by atoms with E-state index < -0.39 is 0 Å². The highest BCUT2D eigenvalue weighted by Gasteiger charge is 2.21. The molecule has 4 heteroatoms. The fraction of sp³-hybridized carbons (Fsp3) is 0.500. The zero-order chi connectivity index (χ0) is 13.1. The van der Waals surface area contributed by atoms with Gasteiger partial charge in [0.25, 0.3) is 5.91 Å². The summed E-state index contributed by atoms with van der Waals surface area (Å²) in [5.41, 5.74) is 12.9. The van der Waals surface area contributed by atoms with Crippen molar-refractivity contribution in [3.8, 4) is 0 Å². The monoisotopic (exact) mass is 247 g/mol. The van der Waals surface area contributed by atoms with Crippen LogP contribution < -0.4 is 16.8 Å².